The Morgan fingerprint density at radius 1 is 1.06 bits per heavy atom. The van der Waals surface area contributed by atoms with E-state index >= 15 is 0 Å². The number of methoxy groups -OCH3 is 1. The Hall–Kier alpha value is -4.36. The standard InChI is InChI=1S/C35H33FN2O8S2/c1-35(2)31(34(41)46-17-19-4-7-22(44-3)8-5-19)38-32(40)27(33(38)47-35)15-21(39)18-45-23-9-10-25-29(16-23)48(42,43)13-12-24-26-14-20(36)6-11-28(26)37-30(24)25/h4-11,14,16,27,31,33,37H,12-13,15,17-18H2,1-3H3. The monoisotopic (exact) mass is 692 g/mol. The summed E-state index contributed by atoms with van der Waals surface area (Å²) in [4.78, 5) is 44.3. The number of esters is 1. The molecule has 0 aliphatic carbocycles. The Labute approximate surface area is 280 Å². The minimum absolute atomic E-state index is 0.0545. The molecule has 1 aromatic heterocycles. The highest BCUT2D eigenvalue weighted by Gasteiger charge is 2.64. The first kappa shape index (κ1) is 32.2. The van der Waals surface area contributed by atoms with Gasteiger partial charge in [-0.25, -0.2) is 17.6 Å². The van der Waals surface area contributed by atoms with Gasteiger partial charge in [0.15, 0.2) is 15.6 Å². The van der Waals surface area contributed by atoms with Crippen LogP contribution in [0.1, 0.15) is 31.4 Å². The third-order valence-electron chi connectivity index (χ3n) is 9.21. The lowest BCUT2D eigenvalue weighted by Crippen LogP contribution is -2.63. The summed E-state index contributed by atoms with van der Waals surface area (Å²) in [7, 11) is -2.14. The van der Waals surface area contributed by atoms with Crippen LogP contribution < -0.4 is 9.47 Å². The largest absolute Gasteiger partial charge is 0.497 e. The molecule has 4 heterocycles. The van der Waals surface area contributed by atoms with Crippen molar-refractivity contribution in [2.45, 2.75) is 54.4 Å². The maximum atomic E-state index is 14.0. The summed E-state index contributed by atoms with van der Waals surface area (Å²) >= 11 is 1.47. The molecule has 0 spiro atoms. The first-order valence-electron chi connectivity index (χ1n) is 15.5. The van der Waals surface area contributed by atoms with Crippen LogP contribution in [0.4, 0.5) is 4.39 Å². The number of hydrogen-bond donors (Lipinski definition) is 1. The number of ether oxygens (including phenoxy) is 3. The second kappa shape index (κ2) is 12.0. The maximum Gasteiger partial charge on any atom is 0.330 e. The van der Waals surface area contributed by atoms with Crippen molar-refractivity contribution in [2.75, 3.05) is 19.5 Å². The number of aromatic amines is 1. The van der Waals surface area contributed by atoms with E-state index in [1.54, 1.807) is 49.6 Å². The number of benzene rings is 3. The fourth-order valence-electron chi connectivity index (χ4n) is 6.80. The molecule has 2 fully saturated rings. The summed E-state index contributed by atoms with van der Waals surface area (Å²) in [5.74, 6) is -1.40. The molecule has 0 radical (unpaired) electrons. The maximum absolute atomic E-state index is 14.0. The number of amides is 1. The van der Waals surface area contributed by atoms with Crippen LogP contribution in [0.5, 0.6) is 11.5 Å². The van der Waals surface area contributed by atoms with E-state index in [0.717, 1.165) is 11.1 Å². The number of hydrogen-bond acceptors (Lipinski definition) is 9. The number of fused-ring (bicyclic) bond motifs is 6. The van der Waals surface area contributed by atoms with E-state index in [1.165, 1.54) is 34.9 Å². The van der Waals surface area contributed by atoms with Crippen LogP contribution in [0, 0.1) is 11.7 Å². The van der Waals surface area contributed by atoms with E-state index in [4.69, 9.17) is 14.2 Å². The molecule has 0 saturated carbocycles. The van der Waals surface area contributed by atoms with E-state index in [9.17, 15) is 27.2 Å². The SMILES string of the molecule is COc1ccc(COC(=O)C2N3C(=O)C(CC(=O)COc4ccc5c(c4)S(=O)(=O)CCc4c-5[nH]c5ccc(F)cc45)C3SC2(C)C)cc1. The number of sulfone groups is 1. The van der Waals surface area contributed by atoms with Crippen molar-refractivity contribution in [1.82, 2.24) is 9.88 Å². The van der Waals surface area contributed by atoms with Gasteiger partial charge in [0.2, 0.25) is 5.91 Å². The average Bonchev–Trinajstić information content (AvgIpc) is 3.51. The predicted molar refractivity (Wildman–Crippen MR) is 177 cm³/mol. The van der Waals surface area contributed by atoms with E-state index in [2.05, 4.69) is 4.98 Å². The molecule has 3 aromatic carbocycles. The van der Waals surface area contributed by atoms with Crippen molar-refractivity contribution in [1.29, 1.82) is 0 Å². The Kier molecular flexibility index (Phi) is 8.02. The summed E-state index contributed by atoms with van der Waals surface area (Å²) in [6.45, 7) is 3.47. The Morgan fingerprint density at radius 2 is 1.81 bits per heavy atom. The lowest BCUT2D eigenvalue weighted by Gasteiger charge is -2.43. The van der Waals surface area contributed by atoms with Crippen LogP contribution in [0.25, 0.3) is 22.2 Å². The Bertz CT molecular complexity index is 2080. The second-order valence-corrected chi connectivity index (χ2v) is 16.6. The van der Waals surface area contributed by atoms with Crippen LogP contribution in [0.2, 0.25) is 0 Å². The number of rotatable bonds is 9. The molecule has 4 aromatic rings. The highest BCUT2D eigenvalue weighted by Crippen LogP contribution is 2.54. The molecule has 1 amide bonds. The Balaban J connectivity index is 0.998. The van der Waals surface area contributed by atoms with Gasteiger partial charge in [0, 0.05) is 27.6 Å². The molecule has 7 rings (SSSR count). The molecule has 3 aliphatic rings. The number of β-lactam (4-membered cyclic amide) rings is 1. The van der Waals surface area contributed by atoms with Crippen molar-refractivity contribution in [3.63, 3.8) is 0 Å². The molecule has 2 saturated heterocycles. The van der Waals surface area contributed by atoms with E-state index in [-0.39, 0.29) is 59.5 Å². The number of halogens is 1. The highest BCUT2D eigenvalue weighted by atomic mass is 32.2. The zero-order valence-corrected chi connectivity index (χ0v) is 28.1. The van der Waals surface area contributed by atoms with Gasteiger partial charge in [-0.05, 0) is 79.9 Å². The number of Topliss-reactive ketones (excluding diaryl/α,β-unsaturated/α-hetero) is 1. The number of aromatic nitrogens is 1. The molecule has 3 unspecified atom stereocenters. The van der Waals surface area contributed by atoms with E-state index in [1.807, 2.05) is 13.8 Å². The summed E-state index contributed by atoms with van der Waals surface area (Å²) in [5.41, 5.74) is 3.30. The van der Waals surface area contributed by atoms with Gasteiger partial charge >= 0.3 is 5.97 Å². The number of nitrogens with zero attached hydrogens (tertiary/aromatic N) is 1. The second-order valence-electron chi connectivity index (χ2n) is 12.7. The fraction of sp³-hybridized carbons (Fsp3) is 0.343. The van der Waals surface area contributed by atoms with Crippen LogP contribution in [-0.2, 0) is 42.0 Å². The van der Waals surface area contributed by atoms with Gasteiger partial charge in [-0.3, -0.25) is 9.59 Å². The minimum Gasteiger partial charge on any atom is -0.497 e. The number of nitrogens with one attached hydrogen (secondary N) is 1. The lowest BCUT2D eigenvalue weighted by molar-refractivity contribution is -0.168. The van der Waals surface area contributed by atoms with Crippen LogP contribution in [0.3, 0.4) is 0 Å². The molecule has 3 atom stereocenters. The number of carbonyl (C=O) groups is 3. The predicted octanol–water partition coefficient (Wildman–Crippen LogP) is 5.07. The zero-order valence-electron chi connectivity index (χ0n) is 26.4. The zero-order chi connectivity index (χ0) is 34.0. The van der Waals surface area contributed by atoms with Gasteiger partial charge in [-0.2, -0.15) is 0 Å². The molecule has 10 nitrogen and oxygen atoms in total. The molecule has 250 valence electrons. The molecule has 48 heavy (non-hydrogen) atoms. The first-order valence-corrected chi connectivity index (χ1v) is 18.0. The highest BCUT2D eigenvalue weighted by molar-refractivity contribution is 8.01. The molecule has 13 heteroatoms. The van der Waals surface area contributed by atoms with E-state index < -0.39 is 38.3 Å². The third-order valence-corrected chi connectivity index (χ3v) is 12.6. The average molecular weight is 693 g/mol. The van der Waals surface area contributed by atoms with Gasteiger partial charge in [0.1, 0.15) is 36.6 Å². The van der Waals surface area contributed by atoms with Crippen LogP contribution in [0.15, 0.2) is 65.6 Å². The van der Waals surface area contributed by atoms with E-state index in [0.29, 0.717) is 27.9 Å². The quantitative estimate of drug-likeness (QED) is 0.189. The van der Waals surface area contributed by atoms with Gasteiger partial charge in [-0.1, -0.05) is 12.1 Å². The van der Waals surface area contributed by atoms with Crippen molar-refractivity contribution in [2.24, 2.45) is 5.92 Å². The van der Waals surface area contributed by atoms with Crippen molar-refractivity contribution < 1.29 is 41.4 Å². The third kappa shape index (κ3) is 5.62. The summed E-state index contributed by atoms with van der Waals surface area (Å²) in [5, 5.41) is 0.287. The smallest absolute Gasteiger partial charge is 0.330 e. The van der Waals surface area contributed by atoms with Crippen molar-refractivity contribution >= 4 is 50.2 Å². The van der Waals surface area contributed by atoms with Crippen molar-refractivity contribution in [3.05, 3.63) is 77.6 Å². The molecular weight excluding hydrogens is 660 g/mol. The normalized spacial score (nSPS) is 21.8. The van der Waals surface area contributed by atoms with Crippen molar-refractivity contribution in [3.8, 4) is 22.8 Å². The summed E-state index contributed by atoms with van der Waals surface area (Å²) < 4.78 is 56.4. The topological polar surface area (TPSA) is 132 Å². The van der Waals surface area contributed by atoms with Gasteiger partial charge in [-0.15, -0.1) is 11.8 Å². The number of carbonyl (C=O) groups excluding carboxylic acids is 3. The number of aryl methyl sites for hydroxylation is 1. The first-order chi connectivity index (χ1) is 22.9. The summed E-state index contributed by atoms with van der Waals surface area (Å²) in [6.07, 6.45) is 0.142. The number of thioether (sulfide) groups is 1. The van der Waals surface area contributed by atoms with Gasteiger partial charge in [0.25, 0.3) is 0 Å². The molecular formula is C35H33FN2O8S2. The van der Waals surface area contributed by atoms with Gasteiger partial charge in [0.05, 0.1) is 34.7 Å². The summed E-state index contributed by atoms with van der Waals surface area (Å²) in [6, 6.07) is 15.4. The molecule has 1 N–H and O–H groups in total. The number of ketones is 1. The molecule has 0 bridgehead atoms. The Morgan fingerprint density at radius 3 is 2.56 bits per heavy atom. The lowest BCUT2D eigenvalue weighted by atomic mass is 9.88. The fourth-order valence-corrected chi connectivity index (χ4v) is 9.97. The molecule has 3 aliphatic heterocycles. The van der Waals surface area contributed by atoms with Crippen LogP contribution >= 0.6 is 11.8 Å². The minimum atomic E-state index is -3.71. The number of H-pyrrole nitrogens is 1. The van der Waals surface area contributed by atoms with Gasteiger partial charge < -0.3 is 24.1 Å². The van der Waals surface area contributed by atoms with Crippen LogP contribution in [-0.4, -0.2) is 71.6 Å².